The van der Waals surface area contributed by atoms with Crippen molar-refractivity contribution in [1.82, 2.24) is 5.32 Å². The van der Waals surface area contributed by atoms with E-state index in [1.54, 1.807) is 0 Å². The maximum absolute atomic E-state index is 15.2. The van der Waals surface area contributed by atoms with Crippen molar-refractivity contribution < 1.29 is 31.7 Å². The number of rotatable bonds is 5. The zero-order chi connectivity index (χ0) is 22.9. The molecule has 12 heteroatoms. The third kappa shape index (κ3) is 4.82. The van der Waals surface area contributed by atoms with Crippen LogP contribution in [0, 0.1) is 21.8 Å². The summed E-state index contributed by atoms with van der Waals surface area (Å²) in [4.78, 5) is 24.8. The third-order valence-electron chi connectivity index (χ3n) is 5.88. The Kier molecular flexibility index (Phi) is 6.56. The molecule has 1 atom stereocenters. The second-order valence-electron chi connectivity index (χ2n) is 7.88. The molecule has 1 saturated heterocycles. The zero-order valence-corrected chi connectivity index (χ0v) is 16.8. The van der Waals surface area contributed by atoms with Gasteiger partial charge in [-0.2, -0.15) is 13.2 Å². The van der Waals surface area contributed by atoms with E-state index in [0.717, 1.165) is 6.07 Å². The molecule has 2 N–H and O–H groups in total. The summed E-state index contributed by atoms with van der Waals surface area (Å²) in [6, 6.07) is 0.351. The molecular formula is C19H23F5N4O3. The second-order valence-corrected chi connectivity index (χ2v) is 7.88. The van der Waals surface area contributed by atoms with Crippen molar-refractivity contribution >= 4 is 23.0 Å². The molecule has 1 amide bonds. The summed E-state index contributed by atoms with van der Waals surface area (Å²) in [5.74, 6) is -3.31. The molecule has 1 aliphatic carbocycles. The van der Waals surface area contributed by atoms with Crippen LogP contribution in [0.3, 0.4) is 0 Å². The van der Waals surface area contributed by atoms with Crippen molar-refractivity contribution in [3.05, 3.63) is 27.6 Å². The molecule has 0 radical (unpaired) electrons. The lowest BCUT2D eigenvalue weighted by Crippen LogP contribution is -2.40. The normalized spacial score (nSPS) is 24.2. The molecular weight excluding hydrogens is 427 g/mol. The Balaban J connectivity index is 1.90. The maximum Gasteiger partial charge on any atom is 0.391 e. The van der Waals surface area contributed by atoms with Gasteiger partial charge >= 0.3 is 6.18 Å². The number of hydrogen-bond donors (Lipinski definition) is 2. The van der Waals surface area contributed by atoms with Crippen LogP contribution < -0.4 is 15.5 Å². The van der Waals surface area contributed by atoms with Crippen LogP contribution in [0.15, 0.2) is 6.07 Å². The van der Waals surface area contributed by atoms with Gasteiger partial charge in [-0.05, 0) is 32.1 Å². The average Bonchev–Trinajstić information content (AvgIpc) is 3.12. The topological polar surface area (TPSA) is 87.5 Å². The predicted octanol–water partition coefficient (Wildman–Crippen LogP) is 4.17. The van der Waals surface area contributed by atoms with E-state index < -0.39 is 52.3 Å². The lowest BCUT2D eigenvalue weighted by atomic mass is 9.85. The SMILES string of the molecule is CNc1c([N+](=O)[O-])cc(C(=O)NC2CCC(C(F)(F)F)CC2)c(N2CC[C@@H](F)C2)c1F. The van der Waals surface area contributed by atoms with Gasteiger partial charge in [-0.15, -0.1) is 0 Å². The molecule has 0 aromatic heterocycles. The van der Waals surface area contributed by atoms with E-state index in [2.05, 4.69) is 10.6 Å². The summed E-state index contributed by atoms with van der Waals surface area (Å²) in [6.07, 6.45) is -5.54. The molecule has 7 nitrogen and oxygen atoms in total. The fraction of sp³-hybridized carbons (Fsp3) is 0.632. The van der Waals surface area contributed by atoms with Crippen LogP contribution in [-0.2, 0) is 0 Å². The molecule has 1 aromatic carbocycles. The quantitative estimate of drug-likeness (QED) is 0.399. The Morgan fingerprint density at radius 2 is 1.87 bits per heavy atom. The van der Waals surface area contributed by atoms with E-state index in [1.807, 2.05) is 0 Å². The highest BCUT2D eigenvalue weighted by Gasteiger charge is 2.42. The van der Waals surface area contributed by atoms with Crippen LogP contribution in [0.25, 0.3) is 0 Å². The largest absolute Gasteiger partial charge is 0.391 e. The van der Waals surface area contributed by atoms with Gasteiger partial charge in [-0.3, -0.25) is 14.9 Å². The number of nitrogens with zero attached hydrogens (tertiary/aromatic N) is 2. The number of alkyl halides is 4. The van der Waals surface area contributed by atoms with Gasteiger partial charge in [0.15, 0.2) is 11.5 Å². The van der Waals surface area contributed by atoms with Crippen molar-refractivity contribution in [2.24, 2.45) is 5.92 Å². The predicted molar refractivity (Wildman–Crippen MR) is 104 cm³/mol. The van der Waals surface area contributed by atoms with Gasteiger partial charge in [0.25, 0.3) is 11.6 Å². The van der Waals surface area contributed by atoms with Crippen LogP contribution in [0.2, 0.25) is 0 Å². The van der Waals surface area contributed by atoms with Crippen LogP contribution in [-0.4, -0.2) is 49.4 Å². The Bertz CT molecular complexity index is 856. The van der Waals surface area contributed by atoms with Gasteiger partial charge in [-0.1, -0.05) is 0 Å². The van der Waals surface area contributed by atoms with Crippen molar-refractivity contribution in [2.75, 3.05) is 30.4 Å². The first-order chi connectivity index (χ1) is 14.5. The lowest BCUT2D eigenvalue weighted by Gasteiger charge is -2.31. The summed E-state index contributed by atoms with van der Waals surface area (Å²) in [5, 5.41) is 16.4. The van der Waals surface area contributed by atoms with Crippen molar-refractivity contribution in [3.8, 4) is 0 Å². The molecule has 0 bridgehead atoms. The van der Waals surface area contributed by atoms with E-state index in [-0.39, 0.29) is 56.4 Å². The highest BCUT2D eigenvalue weighted by molar-refractivity contribution is 6.02. The van der Waals surface area contributed by atoms with Crippen LogP contribution >= 0.6 is 0 Å². The summed E-state index contributed by atoms with van der Waals surface area (Å²) in [7, 11) is 1.29. The Morgan fingerprint density at radius 1 is 1.23 bits per heavy atom. The van der Waals surface area contributed by atoms with Crippen molar-refractivity contribution in [2.45, 2.75) is 50.5 Å². The smallest absolute Gasteiger partial charge is 0.380 e. The molecule has 1 heterocycles. The van der Waals surface area contributed by atoms with Gasteiger partial charge in [0.1, 0.15) is 6.17 Å². The van der Waals surface area contributed by atoms with E-state index in [1.165, 1.54) is 11.9 Å². The number of amides is 1. The minimum absolute atomic E-state index is 0.0840. The van der Waals surface area contributed by atoms with Crippen molar-refractivity contribution in [3.63, 3.8) is 0 Å². The molecule has 172 valence electrons. The number of nitro benzene ring substituents is 1. The summed E-state index contributed by atoms with van der Waals surface area (Å²) in [5.41, 5.74) is -1.68. The number of anilines is 2. The molecule has 1 aromatic rings. The summed E-state index contributed by atoms with van der Waals surface area (Å²) < 4.78 is 67.5. The van der Waals surface area contributed by atoms with E-state index in [4.69, 9.17) is 0 Å². The first-order valence-electron chi connectivity index (χ1n) is 9.98. The summed E-state index contributed by atoms with van der Waals surface area (Å²) >= 11 is 0. The van der Waals surface area contributed by atoms with Crippen LogP contribution in [0.1, 0.15) is 42.5 Å². The first-order valence-corrected chi connectivity index (χ1v) is 9.98. The average molecular weight is 450 g/mol. The second kappa shape index (κ2) is 8.83. The highest BCUT2D eigenvalue weighted by Crippen LogP contribution is 2.40. The standard InChI is InChI=1S/C19H23F5N4O3/c1-25-16-14(28(30)31)8-13(17(15(16)21)27-7-6-11(20)9-27)18(29)26-12-4-2-10(3-5-12)19(22,23)24/h8,10-12,25H,2-7,9H2,1H3,(H,26,29)/t10?,11-,12?/m1/s1. The van der Waals surface area contributed by atoms with Crippen molar-refractivity contribution in [1.29, 1.82) is 0 Å². The van der Waals surface area contributed by atoms with Gasteiger partial charge in [-0.25, -0.2) is 8.78 Å². The third-order valence-corrected chi connectivity index (χ3v) is 5.88. The molecule has 0 spiro atoms. The minimum Gasteiger partial charge on any atom is -0.380 e. The Morgan fingerprint density at radius 3 is 2.35 bits per heavy atom. The molecule has 0 unspecified atom stereocenters. The van der Waals surface area contributed by atoms with E-state index in [0.29, 0.717) is 0 Å². The van der Waals surface area contributed by atoms with Gasteiger partial charge in [0.05, 0.1) is 22.1 Å². The highest BCUT2D eigenvalue weighted by atomic mass is 19.4. The monoisotopic (exact) mass is 450 g/mol. The number of hydrogen-bond acceptors (Lipinski definition) is 5. The van der Waals surface area contributed by atoms with Gasteiger partial charge in [0, 0.05) is 32.2 Å². The maximum atomic E-state index is 15.2. The van der Waals surface area contributed by atoms with E-state index >= 15 is 4.39 Å². The Labute approximate surface area is 175 Å². The molecule has 31 heavy (non-hydrogen) atoms. The Hall–Kier alpha value is -2.66. The zero-order valence-electron chi connectivity index (χ0n) is 16.8. The molecule has 1 saturated carbocycles. The number of carbonyl (C=O) groups excluding carboxylic acids is 1. The van der Waals surface area contributed by atoms with Crippen LogP contribution in [0.4, 0.5) is 39.0 Å². The minimum atomic E-state index is -4.30. The van der Waals surface area contributed by atoms with Gasteiger partial charge in [0.2, 0.25) is 0 Å². The summed E-state index contributed by atoms with van der Waals surface area (Å²) in [6.45, 7) is -0.0507. The number of carbonyl (C=O) groups is 1. The van der Waals surface area contributed by atoms with E-state index in [9.17, 15) is 32.5 Å². The number of benzene rings is 1. The molecule has 2 fully saturated rings. The number of halogens is 5. The molecule has 2 aliphatic rings. The fourth-order valence-corrected chi connectivity index (χ4v) is 4.24. The number of nitro groups is 1. The van der Waals surface area contributed by atoms with Crippen LogP contribution in [0.5, 0.6) is 0 Å². The fourth-order valence-electron chi connectivity index (χ4n) is 4.24. The van der Waals surface area contributed by atoms with Gasteiger partial charge < -0.3 is 15.5 Å². The first kappa shape index (κ1) is 23.0. The number of nitrogens with one attached hydrogen (secondary N) is 2. The molecule has 3 rings (SSSR count). The molecule has 1 aliphatic heterocycles. The lowest BCUT2D eigenvalue weighted by molar-refractivity contribution is -0.384.